The summed E-state index contributed by atoms with van der Waals surface area (Å²) < 4.78 is 0. The van der Waals surface area contributed by atoms with Gasteiger partial charge in [-0.3, -0.25) is 0 Å². The van der Waals surface area contributed by atoms with Crippen LogP contribution in [0, 0.1) is 5.41 Å². The van der Waals surface area contributed by atoms with Gasteiger partial charge in [0.1, 0.15) is 0 Å². The lowest BCUT2D eigenvalue weighted by atomic mass is 9.80. The maximum absolute atomic E-state index is 4.01. The first-order chi connectivity index (χ1) is 7.18. The summed E-state index contributed by atoms with van der Waals surface area (Å²) in [7, 11) is 0. The van der Waals surface area contributed by atoms with E-state index in [1.165, 1.54) is 57.8 Å². The van der Waals surface area contributed by atoms with Gasteiger partial charge < -0.3 is 0 Å². The molecule has 0 aromatic rings. The van der Waals surface area contributed by atoms with Crippen LogP contribution in [0.2, 0.25) is 0 Å². The number of hydrogen-bond acceptors (Lipinski definition) is 0. The molecule has 0 aliphatic rings. The normalized spacial score (nSPS) is 14.9. The van der Waals surface area contributed by atoms with E-state index in [9.17, 15) is 0 Å². The second kappa shape index (κ2) is 9.00. The molecule has 90 valence electrons. The highest BCUT2D eigenvalue weighted by molar-refractivity contribution is 4.90. The van der Waals surface area contributed by atoms with Gasteiger partial charge in [0.15, 0.2) is 0 Å². The Morgan fingerprint density at radius 3 is 1.80 bits per heavy atom. The maximum Gasteiger partial charge on any atom is -0.0149 e. The van der Waals surface area contributed by atoms with Crippen molar-refractivity contribution in [3.63, 3.8) is 0 Å². The zero-order valence-corrected chi connectivity index (χ0v) is 11.1. The average molecular weight is 210 g/mol. The van der Waals surface area contributed by atoms with E-state index >= 15 is 0 Å². The van der Waals surface area contributed by atoms with E-state index in [0.717, 1.165) is 0 Å². The van der Waals surface area contributed by atoms with Gasteiger partial charge in [0.05, 0.1) is 0 Å². The van der Waals surface area contributed by atoms with Gasteiger partial charge in [-0.25, -0.2) is 0 Å². The van der Waals surface area contributed by atoms with E-state index in [1.807, 2.05) is 0 Å². The standard InChI is InChI=1S/C15H30/c1-5-8-10-12-14-15(4,7-3)13-11-9-6-2/h7H,3,5-6,8-14H2,1-2,4H3. The van der Waals surface area contributed by atoms with Crippen LogP contribution in [0.1, 0.15) is 78.6 Å². The number of rotatable bonds is 10. The summed E-state index contributed by atoms with van der Waals surface area (Å²) in [6.07, 6.45) is 14.4. The van der Waals surface area contributed by atoms with Crippen molar-refractivity contribution in [2.24, 2.45) is 5.41 Å². The maximum atomic E-state index is 4.01. The second-order valence-corrected chi connectivity index (χ2v) is 5.13. The van der Waals surface area contributed by atoms with Gasteiger partial charge in [0, 0.05) is 0 Å². The molecule has 0 amide bonds. The highest BCUT2D eigenvalue weighted by atomic mass is 14.2. The zero-order valence-electron chi connectivity index (χ0n) is 11.1. The van der Waals surface area contributed by atoms with Crippen LogP contribution in [-0.2, 0) is 0 Å². The molecule has 0 heteroatoms. The van der Waals surface area contributed by atoms with Gasteiger partial charge in [-0.15, -0.1) is 6.58 Å². The average Bonchev–Trinajstić information content (AvgIpc) is 2.25. The molecule has 0 heterocycles. The van der Waals surface area contributed by atoms with Crippen molar-refractivity contribution in [1.82, 2.24) is 0 Å². The van der Waals surface area contributed by atoms with Crippen LogP contribution in [0.4, 0.5) is 0 Å². The Balaban J connectivity index is 3.70. The smallest absolute Gasteiger partial charge is 0.0149 e. The fraction of sp³-hybridized carbons (Fsp3) is 0.867. The van der Waals surface area contributed by atoms with Crippen LogP contribution in [0.25, 0.3) is 0 Å². The van der Waals surface area contributed by atoms with E-state index < -0.39 is 0 Å². The molecule has 0 N–H and O–H groups in total. The molecule has 0 radical (unpaired) electrons. The Kier molecular flexibility index (Phi) is 8.85. The van der Waals surface area contributed by atoms with Crippen LogP contribution in [-0.4, -0.2) is 0 Å². The molecule has 1 unspecified atom stereocenters. The van der Waals surface area contributed by atoms with Crippen molar-refractivity contribution < 1.29 is 0 Å². The Hall–Kier alpha value is -0.260. The predicted molar refractivity (Wildman–Crippen MR) is 71.2 cm³/mol. The summed E-state index contributed by atoms with van der Waals surface area (Å²) in [5.41, 5.74) is 0.406. The third-order valence-corrected chi connectivity index (χ3v) is 3.45. The number of allylic oxidation sites excluding steroid dienone is 1. The number of unbranched alkanes of at least 4 members (excludes halogenated alkanes) is 5. The molecular weight excluding hydrogens is 180 g/mol. The Morgan fingerprint density at radius 1 is 0.867 bits per heavy atom. The lowest BCUT2D eigenvalue weighted by Crippen LogP contribution is -2.12. The van der Waals surface area contributed by atoms with Crippen LogP contribution in [0.3, 0.4) is 0 Å². The molecular formula is C15H30. The highest BCUT2D eigenvalue weighted by Gasteiger charge is 2.18. The minimum absolute atomic E-state index is 0.406. The highest BCUT2D eigenvalue weighted by Crippen LogP contribution is 2.32. The van der Waals surface area contributed by atoms with Crippen molar-refractivity contribution in [3.05, 3.63) is 12.7 Å². The Bertz CT molecular complexity index is 148. The summed E-state index contributed by atoms with van der Waals surface area (Å²) in [6, 6.07) is 0. The molecule has 0 aromatic heterocycles. The van der Waals surface area contributed by atoms with E-state index in [-0.39, 0.29) is 0 Å². The predicted octanol–water partition coefficient (Wildman–Crippen LogP) is 5.73. The summed E-state index contributed by atoms with van der Waals surface area (Å²) in [5, 5.41) is 0. The zero-order chi connectivity index (χ0) is 11.6. The molecule has 0 rings (SSSR count). The molecule has 0 nitrogen and oxygen atoms in total. The van der Waals surface area contributed by atoms with Gasteiger partial charge in [0.25, 0.3) is 0 Å². The van der Waals surface area contributed by atoms with Crippen LogP contribution >= 0.6 is 0 Å². The van der Waals surface area contributed by atoms with Crippen molar-refractivity contribution in [2.75, 3.05) is 0 Å². The number of hydrogen-bond donors (Lipinski definition) is 0. The molecule has 1 atom stereocenters. The SMILES string of the molecule is C=CC(C)(CCCCC)CCCCCC. The fourth-order valence-electron chi connectivity index (χ4n) is 2.06. The first kappa shape index (κ1) is 14.7. The van der Waals surface area contributed by atoms with Gasteiger partial charge in [0.2, 0.25) is 0 Å². The molecule has 0 aliphatic heterocycles. The monoisotopic (exact) mass is 210 g/mol. The summed E-state index contributed by atoms with van der Waals surface area (Å²) in [5.74, 6) is 0. The molecule has 0 fully saturated rings. The van der Waals surface area contributed by atoms with Crippen molar-refractivity contribution in [3.8, 4) is 0 Å². The van der Waals surface area contributed by atoms with Crippen molar-refractivity contribution in [1.29, 1.82) is 0 Å². The van der Waals surface area contributed by atoms with Gasteiger partial charge in [-0.1, -0.05) is 71.8 Å². The van der Waals surface area contributed by atoms with Crippen LogP contribution < -0.4 is 0 Å². The second-order valence-electron chi connectivity index (χ2n) is 5.13. The van der Waals surface area contributed by atoms with Crippen molar-refractivity contribution in [2.45, 2.75) is 78.6 Å². The lowest BCUT2D eigenvalue weighted by molar-refractivity contribution is 0.330. The summed E-state index contributed by atoms with van der Waals surface area (Å²) in [6.45, 7) is 10.9. The van der Waals surface area contributed by atoms with E-state index in [4.69, 9.17) is 0 Å². The summed E-state index contributed by atoms with van der Waals surface area (Å²) in [4.78, 5) is 0. The third kappa shape index (κ3) is 7.64. The molecule has 0 aliphatic carbocycles. The van der Waals surface area contributed by atoms with E-state index in [0.29, 0.717) is 5.41 Å². The lowest BCUT2D eigenvalue weighted by Gasteiger charge is -2.25. The van der Waals surface area contributed by atoms with E-state index in [1.54, 1.807) is 0 Å². The molecule has 0 saturated carbocycles. The first-order valence-corrected chi connectivity index (χ1v) is 6.82. The third-order valence-electron chi connectivity index (χ3n) is 3.45. The van der Waals surface area contributed by atoms with E-state index in [2.05, 4.69) is 33.4 Å². The minimum atomic E-state index is 0.406. The van der Waals surface area contributed by atoms with Gasteiger partial charge >= 0.3 is 0 Å². The van der Waals surface area contributed by atoms with Gasteiger partial charge in [-0.05, 0) is 18.3 Å². The van der Waals surface area contributed by atoms with Crippen LogP contribution in [0.15, 0.2) is 12.7 Å². The van der Waals surface area contributed by atoms with Crippen molar-refractivity contribution >= 4 is 0 Å². The molecule has 0 aromatic carbocycles. The Morgan fingerprint density at radius 2 is 1.33 bits per heavy atom. The van der Waals surface area contributed by atoms with Crippen LogP contribution in [0.5, 0.6) is 0 Å². The minimum Gasteiger partial charge on any atom is -0.103 e. The summed E-state index contributed by atoms with van der Waals surface area (Å²) >= 11 is 0. The topological polar surface area (TPSA) is 0 Å². The molecule has 0 saturated heterocycles. The largest absolute Gasteiger partial charge is 0.103 e. The fourth-order valence-corrected chi connectivity index (χ4v) is 2.06. The molecule has 0 bridgehead atoms. The molecule has 0 spiro atoms. The first-order valence-electron chi connectivity index (χ1n) is 6.82. The Labute approximate surface area is 97.2 Å². The molecule has 15 heavy (non-hydrogen) atoms. The quantitative estimate of drug-likeness (QED) is 0.319. The van der Waals surface area contributed by atoms with Gasteiger partial charge in [-0.2, -0.15) is 0 Å².